The zero-order valence-corrected chi connectivity index (χ0v) is 29.0. The minimum Gasteiger partial charge on any atom is -0.468 e. The van der Waals surface area contributed by atoms with Gasteiger partial charge in [0.2, 0.25) is 0 Å². The molecule has 6 aromatic rings. The van der Waals surface area contributed by atoms with E-state index in [1.54, 1.807) is 70.2 Å². The molecule has 0 spiro atoms. The maximum absolute atomic E-state index is 14.2. The molecular formula is C38H30ClN5O9. The number of nitrogens with one attached hydrogen (secondary N) is 1. The molecule has 2 aromatic heterocycles. The number of nitro groups is 1. The number of non-ortho nitro benzene ring substituents is 1. The molecule has 0 bridgehead atoms. The fraction of sp³-hybridized carbons (Fsp3) is 0.158. The van der Waals surface area contributed by atoms with Gasteiger partial charge in [0.25, 0.3) is 17.5 Å². The van der Waals surface area contributed by atoms with Crippen molar-refractivity contribution in [3.05, 3.63) is 130 Å². The molecule has 0 aliphatic carbocycles. The van der Waals surface area contributed by atoms with Gasteiger partial charge in [-0.2, -0.15) is 0 Å². The molecule has 2 amide bonds. The van der Waals surface area contributed by atoms with Crippen LogP contribution in [0.15, 0.2) is 97.3 Å². The molecule has 4 aromatic carbocycles. The fourth-order valence-electron chi connectivity index (χ4n) is 6.27. The second-order valence-corrected chi connectivity index (χ2v) is 12.4. The number of anilines is 2. The van der Waals surface area contributed by atoms with Crippen LogP contribution >= 0.6 is 11.6 Å². The van der Waals surface area contributed by atoms with E-state index < -0.39 is 17.0 Å². The molecule has 0 saturated heterocycles. The highest BCUT2D eigenvalue weighted by atomic mass is 35.5. The lowest BCUT2D eigenvalue weighted by atomic mass is 9.92. The average Bonchev–Trinajstić information content (AvgIpc) is 3.75. The Hall–Kier alpha value is -6.51. The van der Waals surface area contributed by atoms with Crippen LogP contribution in [-0.2, 0) is 4.74 Å². The van der Waals surface area contributed by atoms with Gasteiger partial charge in [0, 0.05) is 67.0 Å². The van der Waals surface area contributed by atoms with Gasteiger partial charge in [-0.3, -0.25) is 19.7 Å². The number of methoxy groups -OCH3 is 1. The van der Waals surface area contributed by atoms with E-state index in [2.05, 4.69) is 10.3 Å². The number of carbonyl (C=O) groups excluding carboxylic acids is 3. The highest BCUT2D eigenvalue weighted by Gasteiger charge is 2.36. The first kappa shape index (κ1) is 34.9. The van der Waals surface area contributed by atoms with Crippen molar-refractivity contribution >= 4 is 63.1 Å². The number of pyridine rings is 1. The van der Waals surface area contributed by atoms with Crippen LogP contribution in [0.25, 0.3) is 16.4 Å². The molecule has 1 aliphatic heterocycles. The van der Waals surface area contributed by atoms with Gasteiger partial charge in [0.1, 0.15) is 28.6 Å². The summed E-state index contributed by atoms with van der Waals surface area (Å²) in [6, 6.07) is 22.2. The summed E-state index contributed by atoms with van der Waals surface area (Å²) < 4.78 is 22.9. The van der Waals surface area contributed by atoms with Crippen LogP contribution in [0.5, 0.6) is 17.2 Å². The third-order valence-corrected chi connectivity index (χ3v) is 9.09. The molecule has 1 unspecified atom stereocenters. The van der Waals surface area contributed by atoms with Gasteiger partial charge < -0.3 is 33.6 Å². The SMILES string of the molecule is COCOc1ccc(C(=O)Nc2ccc3nc(C(=O)N4CC(CCl)c5c4cc(OC(=O)Oc4ccc([N+](=O)[O-])cc4)c4cccc(C)c54)cn3c2)cc1. The second kappa shape index (κ2) is 14.6. The number of halogens is 1. The number of aromatic nitrogens is 2. The van der Waals surface area contributed by atoms with Gasteiger partial charge in [-0.15, -0.1) is 11.6 Å². The van der Waals surface area contributed by atoms with Gasteiger partial charge >= 0.3 is 6.16 Å². The highest BCUT2D eigenvalue weighted by Crippen LogP contribution is 2.47. The van der Waals surface area contributed by atoms with Crippen LogP contribution in [0.1, 0.15) is 37.9 Å². The molecule has 15 heteroatoms. The Labute approximate surface area is 306 Å². The van der Waals surface area contributed by atoms with Crippen LogP contribution in [0.4, 0.5) is 21.9 Å². The third kappa shape index (κ3) is 7.05. The Kier molecular flexibility index (Phi) is 9.63. The van der Waals surface area contributed by atoms with E-state index in [4.69, 9.17) is 30.5 Å². The molecular weight excluding hydrogens is 706 g/mol. The summed E-state index contributed by atoms with van der Waals surface area (Å²) >= 11 is 6.49. The van der Waals surface area contributed by atoms with E-state index in [0.29, 0.717) is 33.7 Å². The second-order valence-electron chi connectivity index (χ2n) is 12.1. The van der Waals surface area contributed by atoms with Crippen molar-refractivity contribution in [3.8, 4) is 17.2 Å². The fourth-order valence-corrected chi connectivity index (χ4v) is 6.52. The quantitative estimate of drug-likeness (QED) is 0.0372. The molecule has 3 heterocycles. The number of fused-ring (bicyclic) bond motifs is 4. The Bertz CT molecular complexity index is 2400. The number of rotatable bonds is 10. The molecule has 268 valence electrons. The molecule has 14 nitrogen and oxygen atoms in total. The van der Waals surface area contributed by atoms with Gasteiger partial charge in [0.05, 0.1) is 16.3 Å². The van der Waals surface area contributed by atoms with Crippen molar-refractivity contribution < 1.29 is 38.3 Å². The predicted octanol–water partition coefficient (Wildman–Crippen LogP) is 7.50. The topological polar surface area (TPSA) is 164 Å². The molecule has 7 rings (SSSR count). The standard InChI is InChI=1S/C38H30ClN5O9/c1-22-4-3-5-29-32(53-38(47)52-28-13-9-26(10-14-28)44(48)49)16-31-35(34(22)29)24(17-39)18-43(31)37(46)30-20-42-19-25(8-15-33(42)41-30)40-36(45)23-6-11-27(12-7-23)51-21-50-2/h3-16,19-20,24H,17-18,21H2,1-2H3,(H,40,45). The van der Waals surface area contributed by atoms with Gasteiger partial charge in [-0.25, -0.2) is 9.78 Å². The number of nitro benzene ring substituents is 1. The number of hydrogen-bond donors (Lipinski definition) is 1. The predicted molar refractivity (Wildman–Crippen MR) is 196 cm³/mol. The van der Waals surface area contributed by atoms with E-state index in [9.17, 15) is 24.5 Å². The first-order valence-electron chi connectivity index (χ1n) is 16.2. The average molecular weight is 736 g/mol. The van der Waals surface area contributed by atoms with Crippen molar-refractivity contribution in [3.63, 3.8) is 0 Å². The summed E-state index contributed by atoms with van der Waals surface area (Å²) in [5.74, 6) is 0.00804. The first-order valence-corrected chi connectivity index (χ1v) is 16.8. The molecule has 0 fully saturated rings. The molecule has 1 atom stereocenters. The maximum Gasteiger partial charge on any atom is 0.519 e. The van der Waals surface area contributed by atoms with E-state index in [0.717, 1.165) is 16.5 Å². The number of aryl methyl sites for hydroxylation is 1. The summed E-state index contributed by atoms with van der Waals surface area (Å²) in [4.78, 5) is 56.7. The van der Waals surface area contributed by atoms with Crippen molar-refractivity contribution in [1.29, 1.82) is 0 Å². The Morgan fingerprint density at radius 1 is 0.981 bits per heavy atom. The lowest BCUT2D eigenvalue weighted by Gasteiger charge is -2.19. The maximum atomic E-state index is 14.2. The van der Waals surface area contributed by atoms with E-state index in [1.165, 1.54) is 31.4 Å². The third-order valence-electron chi connectivity index (χ3n) is 8.71. The minimum atomic E-state index is -1.07. The Morgan fingerprint density at radius 3 is 2.45 bits per heavy atom. The number of imidazole rings is 1. The normalized spacial score (nSPS) is 13.5. The summed E-state index contributed by atoms with van der Waals surface area (Å²) in [5, 5.41) is 15.3. The van der Waals surface area contributed by atoms with Crippen molar-refractivity contribution in [2.24, 2.45) is 0 Å². The number of nitrogens with zero attached hydrogens (tertiary/aromatic N) is 4. The summed E-state index contributed by atoms with van der Waals surface area (Å²) in [7, 11) is 1.52. The molecule has 0 radical (unpaired) electrons. The van der Waals surface area contributed by atoms with Crippen LogP contribution in [0.3, 0.4) is 0 Å². The lowest BCUT2D eigenvalue weighted by molar-refractivity contribution is -0.384. The smallest absolute Gasteiger partial charge is 0.468 e. The molecule has 1 aliphatic rings. The molecule has 53 heavy (non-hydrogen) atoms. The number of alkyl halides is 1. The van der Waals surface area contributed by atoms with Crippen molar-refractivity contribution in [2.45, 2.75) is 12.8 Å². The van der Waals surface area contributed by atoms with Gasteiger partial charge in [-0.05, 0) is 72.0 Å². The summed E-state index contributed by atoms with van der Waals surface area (Å²) in [6.45, 7) is 2.26. The number of ether oxygens (including phenoxy) is 4. The number of carbonyl (C=O) groups is 3. The van der Waals surface area contributed by atoms with E-state index in [1.807, 2.05) is 19.1 Å². The zero-order chi connectivity index (χ0) is 37.2. The van der Waals surface area contributed by atoms with Gasteiger partial charge in [-0.1, -0.05) is 18.2 Å². The monoisotopic (exact) mass is 735 g/mol. The largest absolute Gasteiger partial charge is 0.519 e. The number of amides is 2. The summed E-state index contributed by atoms with van der Waals surface area (Å²) in [6.07, 6.45) is 2.17. The van der Waals surface area contributed by atoms with Crippen LogP contribution in [0, 0.1) is 17.0 Å². The summed E-state index contributed by atoms with van der Waals surface area (Å²) in [5.41, 5.74) is 3.59. The lowest BCUT2D eigenvalue weighted by Crippen LogP contribution is -2.30. The number of benzene rings is 4. The van der Waals surface area contributed by atoms with Crippen LogP contribution < -0.4 is 24.4 Å². The van der Waals surface area contributed by atoms with Crippen molar-refractivity contribution in [1.82, 2.24) is 9.38 Å². The minimum absolute atomic E-state index is 0.0540. The van der Waals surface area contributed by atoms with E-state index >= 15 is 0 Å². The highest BCUT2D eigenvalue weighted by molar-refractivity contribution is 6.19. The van der Waals surface area contributed by atoms with Crippen molar-refractivity contribution in [2.75, 3.05) is 36.5 Å². The van der Waals surface area contributed by atoms with Crippen LogP contribution in [-0.4, -0.2) is 58.6 Å². The molecule has 1 N–H and O–H groups in total. The van der Waals surface area contributed by atoms with E-state index in [-0.39, 0.29) is 53.9 Å². The Balaban J connectivity index is 1.15. The van der Waals surface area contributed by atoms with Crippen LogP contribution in [0.2, 0.25) is 0 Å². The molecule has 0 saturated carbocycles. The Morgan fingerprint density at radius 2 is 1.74 bits per heavy atom. The number of hydrogen-bond acceptors (Lipinski definition) is 10. The zero-order valence-electron chi connectivity index (χ0n) is 28.3. The first-order chi connectivity index (χ1) is 25.6. The van der Waals surface area contributed by atoms with Gasteiger partial charge in [0.15, 0.2) is 6.79 Å².